The van der Waals surface area contributed by atoms with Gasteiger partial charge in [0, 0.05) is 12.8 Å². The fourth-order valence-corrected chi connectivity index (χ4v) is 0.871. The van der Waals surface area contributed by atoms with Crippen molar-refractivity contribution in [3.05, 3.63) is 0 Å². The standard InChI is InChI=1S/C8H11NO3S/c1-2-7(10)3-6(8(11)12)4-9-5-13/h6H,2-4H2,1H3,(H,11,12). The maximum absolute atomic E-state index is 10.9. The number of Topliss-reactive ketones (excluding diaryl/α,β-unsaturated/α-hetero) is 1. The van der Waals surface area contributed by atoms with E-state index < -0.39 is 11.9 Å². The summed E-state index contributed by atoms with van der Waals surface area (Å²) in [5.41, 5.74) is 0. The van der Waals surface area contributed by atoms with Gasteiger partial charge in [0.1, 0.15) is 5.78 Å². The Kier molecular flexibility index (Phi) is 5.93. The maximum atomic E-state index is 10.9. The van der Waals surface area contributed by atoms with E-state index in [-0.39, 0.29) is 18.7 Å². The summed E-state index contributed by atoms with van der Waals surface area (Å²) in [5, 5.41) is 10.7. The lowest BCUT2D eigenvalue weighted by Gasteiger charge is -2.06. The number of ketones is 1. The minimum absolute atomic E-state index is 0.0202. The fraction of sp³-hybridized carbons (Fsp3) is 0.625. The van der Waals surface area contributed by atoms with Crippen molar-refractivity contribution in [2.24, 2.45) is 10.9 Å². The van der Waals surface area contributed by atoms with Gasteiger partial charge >= 0.3 is 5.97 Å². The summed E-state index contributed by atoms with van der Waals surface area (Å²) in [7, 11) is 0. The Hall–Kier alpha value is -1.06. The highest BCUT2D eigenvalue weighted by Crippen LogP contribution is 2.06. The zero-order valence-electron chi connectivity index (χ0n) is 7.32. The molecule has 0 aliphatic heterocycles. The van der Waals surface area contributed by atoms with Crippen molar-refractivity contribution in [1.29, 1.82) is 0 Å². The molecule has 0 heterocycles. The van der Waals surface area contributed by atoms with Gasteiger partial charge in [0.25, 0.3) is 0 Å². The van der Waals surface area contributed by atoms with Crippen molar-refractivity contribution in [1.82, 2.24) is 0 Å². The number of thiocarbonyl (C=S) groups is 1. The Labute approximate surface area is 81.7 Å². The van der Waals surface area contributed by atoms with Gasteiger partial charge in [0.05, 0.1) is 17.6 Å². The van der Waals surface area contributed by atoms with Crippen LogP contribution in [0.2, 0.25) is 0 Å². The van der Waals surface area contributed by atoms with Crippen LogP contribution in [0.15, 0.2) is 4.99 Å². The van der Waals surface area contributed by atoms with Crippen LogP contribution in [0.25, 0.3) is 0 Å². The highest BCUT2D eigenvalue weighted by molar-refractivity contribution is 7.78. The Bertz CT molecular complexity index is 246. The van der Waals surface area contributed by atoms with E-state index >= 15 is 0 Å². The Balaban J connectivity index is 4.17. The molecule has 1 N–H and O–H groups in total. The molecule has 13 heavy (non-hydrogen) atoms. The van der Waals surface area contributed by atoms with Gasteiger partial charge in [-0.3, -0.25) is 9.59 Å². The molecular formula is C8H11NO3S. The van der Waals surface area contributed by atoms with Crippen LogP contribution in [-0.4, -0.2) is 28.6 Å². The monoisotopic (exact) mass is 201 g/mol. The third kappa shape index (κ3) is 5.22. The second-order valence-corrected chi connectivity index (χ2v) is 2.75. The first-order chi connectivity index (χ1) is 6.11. The number of aliphatic carboxylic acids is 1. The number of isothiocyanates is 1. The maximum Gasteiger partial charge on any atom is 0.308 e. The third-order valence-electron chi connectivity index (χ3n) is 1.59. The van der Waals surface area contributed by atoms with E-state index in [0.717, 1.165) is 0 Å². The molecule has 0 aromatic heterocycles. The first-order valence-electron chi connectivity index (χ1n) is 3.90. The predicted molar refractivity (Wildman–Crippen MR) is 50.9 cm³/mol. The number of hydrogen-bond acceptors (Lipinski definition) is 4. The Morgan fingerprint density at radius 3 is 2.62 bits per heavy atom. The summed E-state index contributed by atoms with van der Waals surface area (Å²) in [6.45, 7) is 1.73. The van der Waals surface area contributed by atoms with E-state index in [1.807, 2.05) is 0 Å². The fourth-order valence-electron chi connectivity index (χ4n) is 0.797. The molecule has 0 fully saturated rings. The summed E-state index contributed by atoms with van der Waals surface area (Å²) < 4.78 is 0. The quantitative estimate of drug-likeness (QED) is 0.517. The van der Waals surface area contributed by atoms with Crippen molar-refractivity contribution in [2.45, 2.75) is 19.8 Å². The highest BCUT2D eigenvalue weighted by atomic mass is 32.1. The van der Waals surface area contributed by atoms with Crippen molar-refractivity contribution in [3.8, 4) is 0 Å². The van der Waals surface area contributed by atoms with Crippen LogP contribution >= 0.6 is 12.2 Å². The van der Waals surface area contributed by atoms with Gasteiger partial charge in [-0.2, -0.15) is 0 Å². The van der Waals surface area contributed by atoms with E-state index in [4.69, 9.17) is 5.11 Å². The van der Waals surface area contributed by atoms with E-state index in [9.17, 15) is 9.59 Å². The van der Waals surface area contributed by atoms with Crippen molar-refractivity contribution < 1.29 is 14.7 Å². The molecule has 0 saturated heterocycles. The molecule has 0 aromatic rings. The number of carboxylic acids is 1. The molecule has 4 nitrogen and oxygen atoms in total. The summed E-state index contributed by atoms with van der Waals surface area (Å²) in [6, 6.07) is 0. The van der Waals surface area contributed by atoms with E-state index in [0.29, 0.717) is 6.42 Å². The largest absolute Gasteiger partial charge is 0.481 e. The zero-order valence-corrected chi connectivity index (χ0v) is 8.13. The average Bonchev–Trinajstić information content (AvgIpc) is 2.11. The lowest BCUT2D eigenvalue weighted by molar-refractivity contribution is -0.143. The van der Waals surface area contributed by atoms with Crippen molar-refractivity contribution in [3.63, 3.8) is 0 Å². The van der Waals surface area contributed by atoms with Crippen LogP contribution in [0.4, 0.5) is 0 Å². The van der Waals surface area contributed by atoms with Gasteiger partial charge in [-0.1, -0.05) is 6.92 Å². The molecule has 0 aromatic carbocycles. The Morgan fingerprint density at radius 1 is 1.62 bits per heavy atom. The number of carboxylic acid groups (broad SMARTS) is 1. The molecule has 0 amide bonds. The molecule has 0 rings (SSSR count). The number of rotatable bonds is 6. The van der Waals surface area contributed by atoms with E-state index in [2.05, 4.69) is 22.4 Å². The molecule has 0 saturated carbocycles. The van der Waals surface area contributed by atoms with Crippen LogP contribution in [0, 0.1) is 5.92 Å². The predicted octanol–water partition coefficient (Wildman–Crippen LogP) is 1.16. The molecule has 0 aliphatic carbocycles. The van der Waals surface area contributed by atoms with Crippen LogP contribution in [0.1, 0.15) is 19.8 Å². The van der Waals surface area contributed by atoms with Gasteiger partial charge in [0.15, 0.2) is 0 Å². The van der Waals surface area contributed by atoms with Crippen molar-refractivity contribution >= 4 is 29.1 Å². The molecule has 5 heteroatoms. The van der Waals surface area contributed by atoms with Gasteiger partial charge < -0.3 is 5.11 Å². The number of carbonyl (C=O) groups is 2. The molecule has 1 unspecified atom stereocenters. The topological polar surface area (TPSA) is 66.7 Å². The van der Waals surface area contributed by atoms with Gasteiger partial charge in [-0.15, -0.1) is 0 Å². The highest BCUT2D eigenvalue weighted by Gasteiger charge is 2.19. The lowest BCUT2D eigenvalue weighted by atomic mass is 10.0. The van der Waals surface area contributed by atoms with Crippen molar-refractivity contribution in [2.75, 3.05) is 6.54 Å². The summed E-state index contributed by atoms with van der Waals surface area (Å²) in [4.78, 5) is 25.0. The molecule has 0 radical (unpaired) electrons. The summed E-state index contributed by atoms with van der Waals surface area (Å²) in [6.07, 6.45) is 0.372. The third-order valence-corrected chi connectivity index (χ3v) is 1.72. The second kappa shape index (κ2) is 6.46. The van der Waals surface area contributed by atoms with Crippen LogP contribution in [0.5, 0.6) is 0 Å². The molecule has 1 atom stereocenters. The SMILES string of the molecule is CCC(=O)CC(CN=C=S)C(=O)O. The normalized spacial score (nSPS) is 11.5. The first-order valence-corrected chi connectivity index (χ1v) is 4.30. The zero-order chi connectivity index (χ0) is 10.3. The molecule has 0 aliphatic rings. The van der Waals surface area contributed by atoms with Gasteiger partial charge in [-0.05, 0) is 12.2 Å². The second-order valence-electron chi connectivity index (χ2n) is 2.56. The first kappa shape index (κ1) is 11.9. The summed E-state index contributed by atoms with van der Waals surface area (Å²) >= 11 is 4.30. The van der Waals surface area contributed by atoms with Gasteiger partial charge in [0.2, 0.25) is 0 Å². The lowest BCUT2D eigenvalue weighted by Crippen LogP contribution is -2.20. The number of aliphatic imine (C=N–C) groups is 1. The number of carbonyl (C=O) groups excluding carboxylic acids is 1. The van der Waals surface area contributed by atoms with E-state index in [1.54, 1.807) is 6.92 Å². The molecular weight excluding hydrogens is 190 g/mol. The average molecular weight is 201 g/mol. The minimum Gasteiger partial charge on any atom is -0.481 e. The van der Waals surface area contributed by atoms with Crippen LogP contribution < -0.4 is 0 Å². The molecule has 0 spiro atoms. The Morgan fingerprint density at radius 2 is 2.23 bits per heavy atom. The van der Waals surface area contributed by atoms with Crippen LogP contribution in [-0.2, 0) is 9.59 Å². The number of hydrogen-bond donors (Lipinski definition) is 1. The van der Waals surface area contributed by atoms with Crippen LogP contribution in [0.3, 0.4) is 0 Å². The van der Waals surface area contributed by atoms with Gasteiger partial charge in [-0.25, -0.2) is 4.99 Å². The minimum atomic E-state index is -1.02. The molecule has 0 bridgehead atoms. The number of nitrogens with zero attached hydrogens (tertiary/aromatic N) is 1. The van der Waals surface area contributed by atoms with E-state index in [1.165, 1.54) is 0 Å². The smallest absolute Gasteiger partial charge is 0.308 e. The summed E-state index contributed by atoms with van der Waals surface area (Å²) in [5.74, 6) is -1.86. The molecule has 72 valence electrons.